The van der Waals surface area contributed by atoms with Gasteiger partial charge in [-0.05, 0) is 73.9 Å². The molecule has 0 aliphatic carbocycles. The van der Waals surface area contributed by atoms with Crippen LogP contribution in [0.15, 0.2) is 114 Å². The third kappa shape index (κ3) is 8.43. The molecule has 0 bridgehead atoms. The van der Waals surface area contributed by atoms with Gasteiger partial charge in [-0.2, -0.15) is 0 Å². The van der Waals surface area contributed by atoms with Gasteiger partial charge in [-0.1, -0.05) is 79.2 Å². The van der Waals surface area contributed by atoms with Gasteiger partial charge in [0.05, 0.1) is 5.25 Å². The van der Waals surface area contributed by atoms with Crippen molar-refractivity contribution in [3.05, 3.63) is 131 Å². The van der Waals surface area contributed by atoms with Crippen LogP contribution in [0.5, 0.6) is 0 Å². The number of aryl methyl sites for hydroxylation is 2. The number of carbonyl (C=O) groups excluding carboxylic acids is 3. The van der Waals surface area contributed by atoms with E-state index in [-0.39, 0.29) is 22.8 Å². The molecule has 0 saturated heterocycles. The Morgan fingerprint density at radius 2 is 1.51 bits per heavy atom. The van der Waals surface area contributed by atoms with E-state index in [1.807, 2.05) is 93.6 Å². The van der Waals surface area contributed by atoms with Crippen molar-refractivity contribution in [3.8, 4) is 0 Å². The van der Waals surface area contributed by atoms with Crippen LogP contribution < -0.4 is 16.0 Å². The second kappa shape index (κ2) is 14.1. The van der Waals surface area contributed by atoms with Crippen LogP contribution in [0.3, 0.4) is 0 Å². The van der Waals surface area contributed by atoms with Crippen molar-refractivity contribution in [2.24, 2.45) is 0 Å². The molecule has 1 atom stereocenters. The van der Waals surface area contributed by atoms with Crippen LogP contribution in [0, 0.1) is 13.8 Å². The van der Waals surface area contributed by atoms with Crippen LogP contribution in [0.1, 0.15) is 40.4 Å². The number of carbonyl (C=O) groups is 3. The number of benzene rings is 4. The maximum Gasteiger partial charge on any atom is 0.272 e. The quantitative estimate of drug-likeness (QED) is 0.140. The van der Waals surface area contributed by atoms with Crippen molar-refractivity contribution >= 4 is 46.9 Å². The lowest BCUT2D eigenvalue weighted by Crippen LogP contribution is -2.30. The second-order valence-electron chi connectivity index (χ2n) is 9.59. The van der Waals surface area contributed by atoms with Crippen LogP contribution in [-0.4, -0.2) is 23.0 Å². The predicted molar refractivity (Wildman–Crippen MR) is 168 cm³/mol. The van der Waals surface area contributed by atoms with E-state index in [2.05, 4.69) is 16.0 Å². The molecule has 3 N–H and O–H groups in total. The van der Waals surface area contributed by atoms with E-state index in [0.717, 1.165) is 27.3 Å². The molecule has 0 aromatic heterocycles. The summed E-state index contributed by atoms with van der Waals surface area (Å²) >= 11 is 1.44. The number of anilines is 2. The van der Waals surface area contributed by atoms with Crippen LogP contribution >= 0.6 is 11.8 Å². The van der Waals surface area contributed by atoms with Crippen molar-refractivity contribution in [2.45, 2.75) is 37.3 Å². The highest BCUT2D eigenvalue weighted by atomic mass is 32.2. The van der Waals surface area contributed by atoms with Crippen LogP contribution in [0.4, 0.5) is 11.4 Å². The molecule has 0 aliphatic rings. The summed E-state index contributed by atoms with van der Waals surface area (Å²) in [7, 11) is 0. The Hall–Kier alpha value is -4.62. The summed E-state index contributed by atoms with van der Waals surface area (Å²) in [6.45, 7) is 5.97. The largest absolute Gasteiger partial charge is 0.325 e. The molecular formula is C34H33N3O3S. The molecule has 0 radical (unpaired) electrons. The Bertz CT molecular complexity index is 1550. The summed E-state index contributed by atoms with van der Waals surface area (Å²) in [5.41, 5.74) is 4.85. The Morgan fingerprint density at radius 3 is 2.20 bits per heavy atom. The molecule has 4 rings (SSSR count). The number of thioether (sulfide) groups is 1. The van der Waals surface area contributed by atoms with Gasteiger partial charge in [0.25, 0.3) is 11.8 Å². The standard InChI is InChI=1S/C34H33N3O3S/c1-4-31(34(40)36-29-19-18-23(2)20-24(29)3)41-28-17-11-16-27(22-28)35-33(39)30(21-25-12-7-5-8-13-25)37-32(38)26-14-9-6-10-15-26/h5-22,31H,4H2,1-3H3,(H,35,39)(H,36,40)(H,37,38)/b30-21-. The predicted octanol–water partition coefficient (Wildman–Crippen LogP) is 7.22. The van der Waals surface area contributed by atoms with Crippen LogP contribution in [-0.2, 0) is 9.59 Å². The molecule has 4 aromatic rings. The van der Waals surface area contributed by atoms with Gasteiger partial charge in [-0.3, -0.25) is 14.4 Å². The minimum atomic E-state index is -0.458. The first-order chi connectivity index (χ1) is 19.8. The summed E-state index contributed by atoms with van der Waals surface area (Å²) in [5, 5.41) is 8.38. The summed E-state index contributed by atoms with van der Waals surface area (Å²) in [6, 6.07) is 31.3. The zero-order valence-electron chi connectivity index (χ0n) is 23.3. The molecule has 0 heterocycles. The van der Waals surface area contributed by atoms with Crippen LogP contribution in [0.2, 0.25) is 0 Å². The lowest BCUT2D eigenvalue weighted by atomic mass is 10.1. The van der Waals surface area contributed by atoms with Gasteiger partial charge < -0.3 is 16.0 Å². The fraction of sp³-hybridized carbons (Fsp3) is 0.147. The lowest BCUT2D eigenvalue weighted by Gasteiger charge is -2.17. The van der Waals surface area contributed by atoms with E-state index < -0.39 is 5.91 Å². The van der Waals surface area contributed by atoms with E-state index in [0.29, 0.717) is 17.7 Å². The SMILES string of the molecule is CCC(Sc1cccc(NC(=O)/C(=C/c2ccccc2)NC(=O)c2ccccc2)c1)C(=O)Nc1ccc(C)cc1C. The summed E-state index contributed by atoms with van der Waals surface area (Å²) in [4.78, 5) is 40.2. The summed E-state index contributed by atoms with van der Waals surface area (Å²) in [6.07, 6.45) is 2.27. The van der Waals surface area contributed by atoms with Gasteiger partial charge in [-0.15, -0.1) is 11.8 Å². The zero-order chi connectivity index (χ0) is 29.2. The average molecular weight is 564 g/mol. The number of nitrogens with one attached hydrogen (secondary N) is 3. The summed E-state index contributed by atoms with van der Waals surface area (Å²) in [5.74, 6) is -0.914. The Balaban J connectivity index is 1.48. The first-order valence-electron chi connectivity index (χ1n) is 13.4. The zero-order valence-corrected chi connectivity index (χ0v) is 24.1. The fourth-order valence-electron chi connectivity index (χ4n) is 4.16. The maximum atomic E-state index is 13.4. The lowest BCUT2D eigenvalue weighted by molar-refractivity contribution is -0.116. The third-order valence-electron chi connectivity index (χ3n) is 6.31. The molecule has 41 heavy (non-hydrogen) atoms. The second-order valence-corrected chi connectivity index (χ2v) is 10.9. The van der Waals surface area contributed by atoms with Gasteiger partial charge in [0.1, 0.15) is 5.70 Å². The van der Waals surface area contributed by atoms with Crippen molar-refractivity contribution in [3.63, 3.8) is 0 Å². The van der Waals surface area contributed by atoms with E-state index in [1.54, 1.807) is 36.4 Å². The number of rotatable bonds is 10. The molecular weight excluding hydrogens is 530 g/mol. The highest BCUT2D eigenvalue weighted by Gasteiger charge is 2.20. The molecule has 4 aromatic carbocycles. The molecule has 208 valence electrons. The fourth-order valence-corrected chi connectivity index (χ4v) is 5.17. The van der Waals surface area contributed by atoms with E-state index in [1.165, 1.54) is 11.8 Å². The van der Waals surface area contributed by atoms with Gasteiger partial charge in [0.15, 0.2) is 0 Å². The van der Waals surface area contributed by atoms with Gasteiger partial charge in [0.2, 0.25) is 5.91 Å². The van der Waals surface area contributed by atoms with Gasteiger partial charge in [-0.25, -0.2) is 0 Å². The number of amides is 3. The molecule has 6 nitrogen and oxygen atoms in total. The van der Waals surface area contributed by atoms with E-state index >= 15 is 0 Å². The molecule has 0 spiro atoms. The van der Waals surface area contributed by atoms with Gasteiger partial charge >= 0.3 is 0 Å². The van der Waals surface area contributed by atoms with Crippen molar-refractivity contribution < 1.29 is 14.4 Å². The highest BCUT2D eigenvalue weighted by molar-refractivity contribution is 8.00. The van der Waals surface area contributed by atoms with Crippen molar-refractivity contribution in [1.29, 1.82) is 0 Å². The molecule has 3 amide bonds. The Morgan fingerprint density at radius 1 is 0.805 bits per heavy atom. The minimum Gasteiger partial charge on any atom is -0.325 e. The highest BCUT2D eigenvalue weighted by Crippen LogP contribution is 2.29. The van der Waals surface area contributed by atoms with Crippen molar-refractivity contribution in [2.75, 3.05) is 10.6 Å². The molecule has 0 fully saturated rings. The van der Waals surface area contributed by atoms with Crippen molar-refractivity contribution in [1.82, 2.24) is 5.32 Å². The normalized spacial score (nSPS) is 11.8. The summed E-state index contributed by atoms with van der Waals surface area (Å²) < 4.78 is 0. The number of hydrogen-bond donors (Lipinski definition) is 3. The smallest absolute Gasteiger partial charge is 0.272 e. The third-order valence-corrected chi connectivity index (χ3v) is 7.67. The first-order valence-corrected chi connectivity index (χ1v) is 14.3. The van der Waals surface area contributed by atoms with E-state index in [9.17, 15) is 14.4 Å². The Labute approximate surface area is 245 Å². The average Bonchev–Trinajstić information content (AvgIpc) is 2.98. The number of hydrogen-bond acceptors (Lipinski definition) is 4. The minimum absolute atomic E-state index is 0.0735. The molecule has 7 heteroatoms. The van der Waals surface area contributed by atoms with E-state index in [4.69, 9.17) is 0 Å². The monoisotopic (exact) mass is 563 g/mol. The molecule has 0 saturated carbocycles. The maximum absolute atomic E-state index is 13.4. The molecule has 1 unspecified atom stereocenters. The first kappa shape index (κ1) is 29.4. The van der Waals surface area contributed by atoms with Crippen LogP contribution in [0.25, 0.3) is 6.08 Å². The Kier molecular flexibility index (Phi) is 10.1. The van der Waals surface area contributed by atoms with Gasteiger partial charge in [0, 0.05) is 21.8 Å². The molecule has 0 aliphatic heterocycles. The topological polar surface area (TPSA) is 87.3 Å².